The Bertz CT molecular complexity index is 832. The SMILES string of the molecule is NC(=O)c1cccc(NC(=O)c2cc([N+](=O)[O-])cc([N+](=O)[O-])c2)c1. The molecule has 0 aliphatic heterocycles. The van der Waals surface area contributed by atoms with Crippen molar-refractivity contribution in [2.45, 2.75) is 0 Å². The van der Waals surface area contributed by atoms with Crippen LogP contribution in [0.4, 0.5) is 17.1 Å². The van der Waals surface area contributed by atoms with E-state index >= 15 is 0 Å². The van der Waals surface area contributed by atoms with Gasteiger partial charge in [0.05, 0.1) is 21.5 Å². The summed E-state index contributed by atoms with van der Waals surface area (Å²) in [4.78, 5) is 43.3. The fraction of sp³-hybridized carbons (Fsp3) is 0. The minimum atomic E-state index is -0.836. The zero-order chi connectivity index (χ0) is 17.9. The number of carbonyl (C=O) groups is 2. The first-order valence-electron chi connectivity index (χ1n) is 6.43. The monoisotopic (exact) mass is 330 g/mol. The maximum absolute atomic E-state index is 12.2. The fourth-order valence-corrected chi connectivity index (χ4v) is 1.89. The third-order valence-electron chi connectivity index (χ3n) is 2.99. The molecular weight excluding hydrogens is 320 g/mol. The number of non-ortho nitro benzene ring substituents is 2. The first-order chi connectivity index (χ1) is 11.3. The Morgan fingerprint density at radius 3 is 2.00 bits per heavy atom. The van der Waals surface area contributed by atoms with E-state index in [1.54, 1.807) is 0 Å². The van der Waals surface area contributed by atoms with Gasteiger partial charge in [0.15, 0.2) is 0 Å². The van der Waals surface area contributed by atoms with Gasteiger partial charge in [-0.05, 0) is 18.2 Å². The van der Waals surface area contributed by atoms with E-state index < -0.39 is 33.0 Å². The van der Waals surface area contributed by atoms with Crippen LogP contribution in [0, 0.1) is 20.2 Å². The van der Waals surface area contributed by atoms with Crippen molar-refractivity contribution in [3.63, 3.8) is 0 Å². The summed E-state index contributed by atoms with van der Waals surface area (Å²) >= 11 is 0. The summed E-state index contributed by atoms with van der Waals surface area (Å²) in [5.41, 5.74) is 4.06. The van der Waals surface area contributed by atoms with Crippen LogP contribution in [0.2, 0.25) is 0 Å². The van der Waals surface area contributed by atoms with E-state index in [9.17, 15) is 29.8 Å². The molecule has 0 spiro atoms. The van der Waals surface area contributed by atoms with E-state index in [1.165, 1.54) is 24.3 Å². The fourth-order valence-electron chi connectivity index (χ4n) is 1.89. The lowest BCUT2D eigenvalue weighted by Crippen LogP contribution is -2.14. The Balaban J connectivity index is 2.35. The maximum Gasteiger partial charge on any atom is 0.277 e. The number of nitrogens with one attached hydrogen (secondary N) is 1. The molecule has 10 nitrogen and oxygen atoms in total. The second-order valence-corrected chi connectivity index (χ2v) is 4.65. The first-order valence-corrected chi connectivity index (χ1v) is 6.43. The molecule has 0 heterocycles. The molecule has 2 aromatic rings. The van der Waals surface area contributed by atoms with E-state index in [2.05, 4.69) is 5.32 Å². The van der Waals surface area contributed by atoms with Crippen LogP contribution < -0.4 is 11.1 Å². The van der Waals surface area contributed by atoms with Crippen LogP contribution in [0.5, 0.6) is 0 Å². The number of benzene rings is 2. The zero-order valence-corrected chi connectivity index (χ0v) is 12.0. The molecule has 0 fully saturated rings. The van der Waals surface area contributed by atoms with Crippen LogP contribution in [-0.4, -0.2) is 21.7 Å². The molecule has 2 rings (SSSR count). The van der Waals surface area contributed by atoms with Gasteiger partial charge in [0.25, 0.3) is 17.3 Å². The highest BCUT2D eigenvalue weighted by atomic mass is 16.6. The average molecular weight is 330 g/mol. The van der Waals surface area contributed by atoms with Crippen molar-refractivity contribution >= 4 is 28.9 Å². The van der Waals surface area contributed by atoms with E-state index in [0.717, 1.165) is 18.2 Å². The van der Waals surface area contributed by atoms with Crippen molar-refractivity contribution in [2.75, 3.05) is 5.32 Å². The second-order valence-electron chi connectivity index (χ2n) is 4.65. The molecule has 0 bridgehead atoms. The van der Waals surface area contributed by atoms with Crippen LogP contribution in [0.3, 0.4) is 0 Å². The van der Waals surface area contributed by atoms with Gasteiger partial charge < -0.3 is 11.1 Å². The Morgan fingerprint density at radius 1 is 0.917 bits per heavy atom. The molecule has 122 valence electrons. The second kappa shape index (κ2) is 6.52. The summed E-state index contributed by atoms with van der Waals surface area (Å²) < 4.78 is 0. The molecule has 24 heavy (non-hydrogen) atoms. The van der Waals surface area contributed by atoms with Crippen molar-refractivity contribution in [2.24, 2.45) is 5.73 Å². The number of anilines is 1. The zero-order valence-electron chi connectivity index (χ0n) is 12.0. The Hall–Kier alpha value is -3.82. The van der Waals surface area contributed by atoms with E-state index in [4.69, 9.17) is 5.73 Å². The molecule has 0 radical (unpaired) electrons. The summed E-state index contributed by atoms with van der Waals surface area (Å²) in [5, 5.41) is 24.1. The predicted molar refractivity (Wildman–Crippen MR) is 82.7 cm³/mol. The van der Waals surface area contributed by atoms with E-state index in [1.807, 2.05) is 0 Å². The molecule has 0 saturated heterocycles. The predicted octanol–water partition coefficient (Wildman–Crippen LogP) is 1.85. The number of nitro benzene ring substituents is 2. The summed E-state index contributed by atoms with van der Waals surface area (Å²) in [6.07, 6.45) is 0. The summed E-state index contributed by atoms with van der Waals surface area (Å²) in [6, 6.07) is 8.29. The van der Waals surface area contributed by atoms with Gasteiger partial charge in [-0.15, -0.1) is 0 Å². The Labute approximate surface area is 134 Å². The minimum absolute atomic E-state index is 0.151. The largest absolute Gasteiger partial charge is 0.366 e. The lowest BCUT2D eigenvalue weighted by Gasteiger charge is -2.06. The molecule has 10 heteroatoms. The number of primary amides is 1. The number of nitrogens with zero attached hydrogens (tertiary/aromatic N) is 2. The Morgan fingerprint density at radius 2 is 1.50 bits per heavy atom. The van der Waals surface area contributed by atoms with Gasteiger partial charge in [-0.25, -0.2) is 0 Å². The van der Waals surface area contributed by atoms with Crippen molar-refractivity contribution in [3.8, 4) is 0 Å². The standard InChI is InChI=1S/C14H10N4O6/c15-13(19)8-2-1-3-10(4-8)16-14(20)9-5-11(17(21)22)7-12(6-9)18(23)24/h1-7H,(H2,15,19)(H,16,20). The highest BCUT2D eigenvalue weighted by Gasteiger charge is 2.20. The number of amides is 2. The molecule has 0 unspecified atom stereocenters. The van der Waals surface area contributed by atoms with Crippen LogP contribution in [0.25, 0.3) is 0 Å². The van der Waals surface area contributed by atoms with E-state index in [-0.39, 0.29) is 16.8 Å². The number of hydrogen-bond acceptors (Lipinski definition) is 6. The van der Waals surface area contributed by atoms with Gasteiger partial charge >= 0.3 is 0 Å². The number of hydrogen-bond donors (Lipinski definition) is 2. The molecule has 0 aliphatic rings. The van der Waals surface area contributed by atoms with Gasteiger partial charge in [0.1, 0.15) is 0 Å². The first kappa shape index (κ1) is 16.5. The molecule has 0 atom stereocenters. The van der Waals surface area contributed by atoms with Gasteiger partial charge in [-0.2, -0.15) is 0 Å². The average Bonchev–Trinajstić information content (AvgIpc) is 2.54. The van der Waals surface area contributed by atoms with Crippen molar-refractivity contribution in [3.05, 3.63) is 73.8 Å². The molecule has 2 amide bonds. The van der Waals surface area contributed by atoms with Gasteiger partial charge in [-0.1, -0.05) is 6.07 Å². The molecule has 3 N–H and O–H groups in total. The number of nitrogens with two attached hydrogens (primary N) is 1. The van der Waals surface area contributed by atoms with Crippen LogP contribution >= 0.6 is 0 Å². The lowest BCUT2D eigenvalue weighted by molar-refractivity contribution is -0.394. The van der Waals surface area contributed by atoms with Crippen LogP contribution in [0.15, 0.2) is 42.5 Å². The summed E-state index contributed by atoms with van der Waals surface area (Å²) in [7, 11) is 0. The molecular formula is C14H10N4O6. The third-order valence-corrected chi connectivity index (χ3v) is 2.99. The summed E-state index contributed by atoms with van der Waals surface area (Å²) in [6.45, 7) is 0. The van der Waals surface area contributed by atoms with Crippen LogP contribution in [-0.2, 0) is 0 Å². The quantitative estimate of drug-likeness (QED) is 0.628. The summed E-state index contributed by atoms with van der Waals surface area (Å²) in [5.74, 6) is -1.50. The van der Waals surface area contributed by atoms with Crippen molar-refractivity contribution < 1.29 is 19.4 Å². The highest BCUT2D eigenvalue weighted by molar-refractivity contribution is 6.05. The van der Waals surface area contributed by atoms with Crippen LogP contribution in [0.1, 0.15) is 20.7 Å². The number of rotatable bonds is 5. The maximum atomic E-state index is 12.2. The number of nitro groups is 2. The molecule has 0 saturated carbocycles. The van der Waals surface area contributed by atoms with Crippen molar-refractivity contribution in [1.29, 1.82) is 0 Å². The smallest absolute Gasteiger partial charge is 0.277 e. The number of carbonyl (C=O) groups excluding carboxylic acids is 2. The molecule has 2 aromatic carbocycles. The Kier molecular flexibility index (Phi) is 4.50. The minimum Gasteiger partial charge on any atom is -0.366 e. The van der Waals surface area contributed by atoms with E-state index in [0.29, 0.717) is 0 Å². The topological polar surface area (TPSA) is 158 Å². The van der Waals surface area contributed by atoms with Gasteiger partial charge in [0.2, 0.25) is 5.91 Å². The normalized spacial score (nSPS) is 10.0. The molecule has 0 aromatic heterocycles. The molecule has 0 aliphatic carbocycles. The lowest BCUT2D eigenvalue weighted by atomic mass is 10.1. The van der Waals surface area contributed by atoms with Gasteiger partial charge in [0, 0.05) is 23.4 Å². The van der Waals surface area contributed by atoms with Crippen molar-refractivity contribution in [1.82, 2.24) is 0 Å². The third kappa shape index (κ3) is 3.68. The highest BCUT2D eigenvalue weighted by Crippen LogP contribution is 2.23. The van der Waals surface area contributed by atoms with Gasteiger partial charge in [-0.3, -0.25) is 29.8 Å².